The molecule has 0 aliphatic heterocycles. The fourth-order valence-corrected chi connectivity index (χ4v) is 9.00. The van der Waals surface area contributed by atoms with Gasteiger partial charge < -0.3 is 0 Å². The Bertz CT molecular complexity index is 2400. The molecule has 0 heteroatoms. The third-order valence-corrected chi connectivity index (χ3v) is 10.6. The molecule has 0 radical (unpaired) electrons. The minimum atomic E-state index is -0.304. The summed E-state index contributed by atoms with van der Waals surface area (Å²) in [6.07, 6.45) is 3.52. The predicted octanol–water partition coefficient (Wildman–Crippen LogP) is 11.8. The molecule has 0 nitrogen and oxygen atoms in total. The van der Waals surface area contributed by atoms with E-state index in [1.54, 1.807) is 0 Å². The van der Waals surface area contributed by atoms with E-state index < -0.39 is 0 Å². The van der Waals surface area contributed by atoms with Gasteiger partial charge in [0.15, 0.2) is 0 Å². The van der Waals surface area contributed by atoms with Crippen molar-refractivity contribution in [2.45, 2.75) is 18.8 Å². The predicted molar refractivity (Wildman–Crippen MR) is 189 cm³/mol. The highest BCUT2D eigenvalue weighted by atomic mass is 14.5. The van der Waals surface area contributed by atoms with Gasteiger partial charge in [-0.25, -0.2) is 0 Å². The quantitative estimate of drug-likeness (QED) is 0.181. The van der Waals surface area contributed by atoms with Crippen LogP contribution in [0, 0.1) is 0 Å². The molecule has 0 aromatic heterocycles. The Balaban J connectivity index is 1.37. The Morgan fingerprint density at radius 1 is 0.422 bits per heavy atom. The van der Waals surface area contributed by atoms with Crippen molar-refractivity contribution in [1.82, 2.24) is 0 Å². The lowest BCUT2D eigenvalue weighted by atomic mass is 9.69. The fraction of sp³-hybridized carbons (Fsp3) is 0.0667. The van der Waals surface area contributed by atoms with E-state index in [1.807, 2.05) is 0 Å². The Hall–Kier alpha value is -5.46. The van der Waals surface area contributed by atoms with Gasteiger partial charge in [0.1, 0.15) is 0 Å². The largest absolute Gasteiger partial charge is 0.0722 e. The molecule has 3 aliphatic rings. The molecule has 0 saturated carbocycles. The second-order valence-corrected chi connectivity index (χ2v) is 12.8. The third-order valence-electron chi connectivity index (χ3n) is 10.6. The van der Waals surface area contributed by atoms with Gasteiger partial charge in [-0.15, -0.1) is 0 Å². The number of hydrogen-bond acceptors (Lipinski definition) is 0. The van der Waals surface area contributed by atoms with E-state index in [1.165, 1.54) is 93.9 Å². The first kappa shape index (κ1) is 24.9. The van der Waals surface area contributed by atoms with Crippen LogP contribution in [0.4, 0.5) is 0 Å². The van der Waals surface area contributed by atoms with Crippen molar-refractivity contribution in [2.24, 2.45) is 0 Å². The molecule has 1 atom stereocenters. The Labute approximate surface area is 263 Å². The van der Waals surface area contributed by atoms with Crippen molar-refractivity contribution in [1.29, 1.82) is 0 Å². The lowest BCUT2D eigenvalue weighted by Crippen LogP contribution is -2.26. The monoisotopic (exact) mass is 570 g/mol. The summed E-state index contributed by atoms with van der Waals surface area (Å²) in [6.45, 7) is 2.29. The summed E-state index contributed by atoms with van der Waals surface area (Å²) >= 11 is 0. The maximum absolute atomic E-state index is 2.49. The van der Waals surface area contributed by atoms with Gasteiger partial charge in [-0.05, 0) is 102 Å². The normalized spacial score (nSPS) is 17.5. The molecule has 10 rings (SSSR count). The van der Waals surface area contributed by atoms with Crippen LogP contribution in [-0.4, -0.2) is 0 Å². The summed E-state index contributed by atoms with van der Waals surface area (Å²) in [5.74, 6) is 0. The van der Waals surface area contributed by atoms with Crippen LogP contribution >= 0.6 is 0 Å². The van der Waals surface area contributed by atoms with Gasteiger partial charge in [-0.2, -0.15) is 0 Å². The molecule has 0 N–H and O–H groups in total. The molecule has 0 fully saturated rings. The summed E-state index contributed by atoms with van der Waals surface area (Å²) in [7, 11) is 0. The minimum Gasteiger partial charge on any atom is -0.0686 e. The van der Waals surface area contributed by atoms with E-state index >= 15 is 0 Å². The second-order valence-electron chi connectivity index (χ2n) is 12.8. The number of rotatable bonds is 2. The highest BCUT2D eigenvalue weighted by molar-refractivity contribution is 6.23. The van der Waals surface area contributed by atoms with E-state index in [-0.39, 0.29) is 5.41 Å². The van der Waals surface area contributed by atoms with Crippen LogP contribution in [0.15, 0.2) is 163 Å². The minimum absolute atomic E-state index is 0.304. The zero-order valence-electron chi connectivity index (χ0n) is 25.1. The molecule has 210 valence electrons. The van der Waals surface area contributed by atoms with Crippen LogP contribution in [-0.2, 0) is 5.41 Å². The Morgan fingerprint density at radius 3 is 1.62 bits per heavy atom. The van der Waals surface area contributed by atoms with Crippen LogP contribution in [0.5, 0.6) is 0 Å². The molecule has 1 spiro atoms. The van der Waals surface area contributed by atoms with Crippen molar-refractivity contribution in [3.63, 3.8) is 0 Å². The van der Waals surface area contributed by atoms with Crippen LogP contribution in [0.2, 0.25) is 0 Å². The fourth-order valence-electron chi connectivity index (χ4n) is 9.00. The molecule has 7 aromatic rings. The third kappa shape index (κ3) is 3.11. The zero-order valence-corrected chi connectivity index (χ0v) is 25.1. The van der Waals surface area contributed by atoms with Crippen molar-refractivity contribution < 1.29 is 0 Å². The molecule has 45 heavy (non-hydrogen) atoms. The molecule has 3 aliphatic carbocycles. The molecule has 0 saturated heterocycles. The van der Waals surface area contributed by atoms with Crippen molar-refractivity contribution in [2.75, 3.05) is 0 Å². The standard InChI is InChI=1S/C45H30/c1-28-26-37-30-16-9-11-23-38(30)45(41(37)27-28)39-24-12-10-21-35(39)44-36(22-13-25-40(44)45)43-33-19-7-5-17-31(33)42(29-14-3-2-4-15-29)32-18-6-8-20-34(32)43/h2-25,27H,26H2,1H3. The van der Waals surface area contributed by atoms with Gasteiger partial charge in [0.2, 0.25) is 0 Å². The smallest absolute Gasteiger partial charge is 0.0686 e. The molecular weight excluding hydrogens is 540 g/mol. The van der Waals surface area contributed by atoms with E-state index in [0.29, 0.717) is 0 Å². The Morgan fingerprint density at radius 2 is 0.933 bits per heavy atom. The van der Waals surface area contributed by atoms with Gasteiger partial charge in [0, 0.05) is 0 Å². The lowest BCUT2D eigenvalue weighted by molar-refractivity contribution is 0.786. The van der Waals surface area contributed by atoms with E-state index in [9.17, 15) is 0 Å². The zero-order chi connectivity index (χ0) is 29.7. The topological polar surface area (TPSA) is 0 Å². The Kier molecular flexibility index (Phi) is 5.00. The van der Waals surface area contributed by atoms with Crippen LogP contribution in [0.25, 0.3) is 60.5 Å². The molecule has 0 bridgehead atoms. The molecular formula is C45H30. The number of fused-ring (bicyclic) bond motifs is 11. The SMILES string of the molecule is CC1=CC2=C(C1)c1ccccc1C21c2ccccc2-c2c(-c3c4ccccc4c(-c4ccccc4)c4ccccc34)cccc21. The van der Waals surface area contributed by atoms with E-state index in [2.05, 4.69) is 159 Å². The van der Waals surface area contributed by atoms with Crippen molar-refractivity contribution in [3.05, 3.63) is 185 Å². The summed E-state index contributed by atoms with van der Waals surface area (Å²) in [5.41, 5.74) is 17.7. The van der Waals surface area contributed by atoms with Gasteiger partial charge in [0.25, 0.3) is 0 Å². The number of benzene rings is 7. The molecule has 1 unspecified atom stereocenters. The number of allylic oxidation sites excluding steroid dienone is 4. The van der Waals surface area contributed by atoms with Gasteiger partial charge in [-0.1, -0.05) is 157 Å². The lowest BCUT2D eigenvalue weighted by Gasteiger charge is -2.31. The first-order chi connectivity index (χ1) is 22.3. The first-order valence-corrected chi connectivity index (χ1v) is 16.0. The summed E-state index contributed by atoms with van der Waals surface area (Å²) < 4.78 is 0. The maximum Gasteiger partial charge on any atom is 0.0722 e. The first-order valence-electron chi connectivity index (χ1n) is 16.0. The van der Waals surface area contributed by atoms with Crippen LogP contribution in [0.1, 0.15) is 35.6 Å². The summed E-state index contributed by atoms with van der Waals surface area (Å²) in [5, 5.41) is 5.18. The molecule has 0 amide bonds. The summed E-state index contributed by atoms with van der Waals surface area (Å²) in [4.78, 5) is 0. The maximum atomic E-state index is 2.49. The van der Waals surface area contributed by atoms with Crippen LogP contribution in [0.3, 0.4) is 0 Å². The van der Waals surface area contributed by atoms with Crippen LogP contribution < -0.4 is 0 Å². The summed E-state index contributed by atoms with van der Waals surface area (Å²) in [6, 6.07) is 54.4. The van der Waals surface area contributed by atoms with E-state index in [0.717, 1.165) is 6.42 Å². The molecule has 7 aromatic carbocycles. The average molecular weight is 571 g/mol. The van der Waals surface area contributed by atoms with Crippen molar-refractivity contribution in [3.8, 4) is 33.4 Å². The highest BCUT2D eigenvalue weighted by Crippen LogP contribution is 2.65. The highest BCUT2D eigenvalue weighted by Gasteiger charge is 2.53. The van der Waals surface area contributed by atoms with Crippen molar-refractivity contribution >= 4 is 27.1 Å². The van der Waals surface area contributed by atoms with Gasteiger partial charge in [-0.3, -0.25) is 0 Å². The van der Waals surface area contributed by atoms with Gasteiger partial charge >= 0.3 is 0 Å². The second kappa shape index (κ2) is 9.03. The van der Waals surface area contributed by atoms with Gasteiger partial charge in [0.05, 0.1) is 5.41 Å². The molecule has 0 heterocycles. The van der Waals surface area contributed by atoms with E-state index in [4.69, 9.17) is 0 Å². The number of hydrogen-bond donors (Lipinski definition) is 0. The average Bonchev–Trinajstić information content (AvgIpc) is 3.71.